The number of fused-ring (bicyclic) bond motifs is 6. The molecule has 7 rings (SSSR count). The second-order valence-electron chi connectivity index (χ2n) is 9.29. The third-order valence-corrected chi connectivity index (χ3v) is 7.02. The van der Waals surface area contributed by atoms with Gasteiger partial charge in [-0.2, -0.15) is 4.57 Å². The maximum Gasteiger partial charge on any atom is 0.231 e. The topological polar surface area (TPSA) is 91.7 Å². The van der Waals surface area contributed by atoms with E-state index in [1.807, 2.05) is 36.4 Å². The van der Waals surface area contributed by atoms with Gasteiger partial charge < -0.3 is 24.1 Å². The van der Waals surface area contributed by atoms with Crippen LogP contribution < -0.4 is 23.5 Å². The minimum absolute atomic E-state index is 0.0811. The Kier molecular flexibility index (Phi) is 5.10. The molecular weight excluding hydrogens is 472 g/mol. The minimum Gasteiger partial charge on any atom is -0.493 e. The van der Waals surface area contributed by atoms with Crippen LogP contribution in [0.5, 0.6) is 23.0 Å². The van der Waals surface area contributed by atoms with E-state index in [1.165, 1.54) is 5.56 Å². The summed E-state index contributed by atoms with van der Waals surface area (Å²) in [7, 11) is 1.62. The zero-order valence-corrected chi connectivity index (χ0v) is 20.3. The van der Waals surface area contributed by atoms with Gasteiger partial charge in [-0.15, -0.1) is 5.10 Å². The number of aliphatic hydroxyl groups is 1. The lowest BCUT2D eigenvalue weighted by molar-refractivity contribution is -0.686. The SMILES string of the molecule is COc1ccc2cc3[n+](cc2c1OCC(O)Cn1nnc2ccccc21)CCc1cc2c(cc1-3)OCO2. The number of hydrogen-bond donors (Lipinski definition) is 1. The Morgan fingerprint density at radius 1 is 1.11 bits per heavy atom. The molecule has 3 aromatic carbocycles. The number of nitrogens with zero attached hydrogens (tertiary/aromatic N) is 4. The van der Waals surface area contributed by atoms with E-state index in [1.54, 1.807) is 11.8 Å². The van der Waals surface area contributed by atoms with Gasteiger partial charge in [0.2, 0.25) is 12.5 Å². The van der Waals surface area contributed by atoms with Crippen molar-refractivity contribution >= 4 is 21.8 Å². The molecule has 1 atom stereocenters. The van der Waals surface area contributed by atoms with Crippen LogP contribution in [0, 0.1) is 0 Å². The van der Waals surface area contributed by atoms with Crippen LogP contribution in [0.15, 0.2) is 60.8 Å². The highest BCUT2D eigenvalue weighted by atomic mass is 16.7. The monoisotopic (exact) mass is 497 g/mol. The molecule has 1 unspecified atom stereocenters. The van der Waals surface area contributed by atoms with Gasteiger partial charge in [-0.05, 0) is 47.3 Å². The predicted octanol–water partition coefficient (Wildman–Crippen LogP) is 3.27. The normalized spacial score (nSPS) is 14.4. The number of para-hydroxylation sites is 1. The Labute approximate surface area is 212 Å². The van der Waals surface area contributed by atoms with Crippen molar-refractivity contribution in [3.05, 3.63) is 66.4 Å². The molecule has 9 nitrogen and oxygen atoms in total. The number of aliphatic hydroxyl groups excluding tert-OH is 1. The maximum absolute atomic E-state index is 10.8. The van der Waals surface area contributed by atoms with E-state index >= 15 is 0 Å². The van der Waals surface area contributed by atoms with Gasteiger partial charge in [0, 0.05) is 12.5 Å². The van der Waals surface area contributed by atoms with E-state index in [-0.39, 0.29) is 19.9 Å². The number of benzene rings is 3. The average molecular weight is 498 g/mol. The first-order valence-electron chi connectivity index (χ1n) is 12.2. The summed E-state index contributed by atoms with van der Waals surface area (Å²) in [6.07, 6.45) is 2.21. The van der Waals surface area contributed by atoms with Crippen molar-refractivity contribution in [3.8, 4) is 34.3 Å². The first kappa shape index (κ1) is 21.9. The van der Waals surface area contributed by atoms with Crippen LogP contribution in [0.4, 0.5) is 0 Å². The van der Waals surface area contributed by atoms with Gasteiger partial charge in [0.1, 0.15) is 18.2 Å². The third-order valence-electron chi connectivity index (χ3n) is 7.02. The number of methoxy groups -OCH3 is 1. The standard InChI is InChI=1S/C28H25N4O5/c1-34-25-7-6-17-10-24-20-12-27-26(36-16-37-27)11-18(20)8-9-31(24)14-21(17)28(25)35-15-19(33)13-32-23-5-3-2-4-22(23)29-30-32/h2-7,10-12,14,19,33H,8-9,13,15-16H2,1H3/q+1. The summed E-state index contributed by atoms with van der Waals surface area (Å²) in [6.45, 7) is 1.44. The van der Waals surface area contributed by atoms with Gasteiger partial charge in [0.25, 0.3) is 0 Å². The van der Waals surface area contributed by atoms with E-state index in [0.717, 1.165) is 57.5 Å². The summed E-state index contributed by atoms with van der Waals surface area (Å²) in [5, 5.41) is 21.0. The van der Waals surface area contributed by atoms with Crippen LogP contribution in [0.25, 0.3) is 33.1 Å². The summed E-state index contributed by atoms with van der Waals surface area (Å²) in [5.41, 5.74) is 5.17. The number of pyridine rings is 1. The van der Waals surface area contributed by atoms with Gasteiger partial charge in [-0.25, -0.2) is 4.68 Å². The van der Waals surface area contributed by atoms with Gasteiger partial charge >= 0.3 is 0 Å². The fourth-order valence-electron chi connectivity index (χ4n) is 5.19. The molecule has 9 heteroatoms. The molecule has 0 spiro atoms. The van der Waals surface area contributed by atoms with E-state index in [9.17, 15) is 5.11 Å². The van der Waals surface area contributed by atoms with E-state index in [2.05, 4.69) is 39.3 Å². The molecule has 0 fully saturated rings. The van der Waals surface area contributed by atoms with Crippen molar-refractivity contribution in [2.45, 2.75) is 25.6 Å². The Morgan fingerprint density at radius 2 is 1.97 bits per heavy atom. The molecule has 0 aliphatic carbocycles. The lowest BCUT2D eigenvalue weighted by Crippen LogP contribution is -2.40. The van der Waals surface area contributed by atoms with Crippen LogP contribution in [-0.4, -0.2) is 46.7 Å². The molecule has 1 N–H and O–H groups in total. The van der Waals surface area contributed by atoms with Crippen LogP contribution in [-0.2, 0) is 19.5 Å². The van der Waals surface area contributed by atoms with Crippen molar-refractivity contribution in [1.29, 1.82) is 0 Å². The van der Waals surface area contributed by atoms with Crippen molar-refractivity contribution in [1.82, 2.24) is 15.0 Å². The molecule has 37 heavy (non-hydrogen) atoms. The lowest BCUT2D eigenvalue weighted by Gasteiger charge is -2.19. The van der Waals surface area contributed by atoms with E-state index < -0.39 is 6.10 Å². The number of ether oxygens (including phenoxy) is 4. The van der Waals surface area contributed by atoms with Crippen LogP contribution in [0.1, 0.15) is 5.56 Å². The summed E-state index contributed by atoms with van der Waals surface area (Å²) < 4.78 is 27.0. The fraction of sp³-hybridized carbons (Fsp3) is 0.250. The third kappa shape index (κ3) is 3.70. The van der Waals surface area contributed by atoms with Gasteiger partial charge in [0.05, 0.1) is 30.1 Å². The Hall–Kier alpha value is -4.37. The number of aromatic nitrogens is 4. The summed E-state index contributed by atoms with van der Waals surface area (Å²) in [6, 6.07) is 17.9. The second kappa shape index (κ2) is 8.63. The highest BCUT2D eigenvalue weighted by molar-refractivity contribution is 5.91. The molecular formula is C28H25N4O5+. The molecule has 0 bridgehead atoms. The number of hydrogen-bond acceptors (Lipinski definition) is 7. The van der Waals surface area contributed by atoms with Gasteiger partial charge in [0.15, 0.2) is 35.7 Å². The second-order valence-corrected chi connectivity index (χ2v) is 9.29. The predicted molar refractivity (Wildman–Crippen MR) is 135 cm³/mol. The zero-order valence-electron chi connectivity index (χ0n) is 20.3. The smallest absolute Gasteiger partial charge is 0.231 e. The van der Waals surface area contributed by atoms with Crippen LogP contribution >= 0.6 is 0 Å². The number of aryl methyl sites for hydroxylation is 2. The molecule has 0 saturated carbocycles. The minimum atomic E-state index is -0.786. The zero-order chi connectivity index (χ0) is 24.9. The fourth-order valence-corrected chi connectivity index (χ4v) is 5.19. The van der Waals surface area contributed by atoms with Crippen LogP contribution in [0.2, 0.25) is 0 Å². The van der Waals surface area contributed by atoms with E-state index in [4.69, 9.17) is 18.9 Å². The highest BCUT2D eigenvalue weighted by Crippen LogP contribution is 2.41. The average Bonchev–Trinajstić information content (AvgIpc) is 3.56. The molecule has 2 aromatic heterocycles. The molecule has 4 heterocycles. The van der Waals surface area contributed by atoms with Crippen molar-refractivity contribution < 1.29 is 28.6 Å². The maximum atomic E-state index is 10.8. The molecule has 0 amide bonds. The van der Waals surface area contributed by atoms with Crippen LogP contribution in [0.3, 0.4) is 0 Å². The van der Waals surface area contributed by atoms with Gasteiger partial charge in [-0.3, -0.25) is 0 Å². The molecule has 2 aliphatic heterocycles. The molecule has 2 aliphatic rings. The molecule has 186 valence electrons. The molecule has 0 saturated heterocycles. The van der Waals surface area contributed by atoms with E-state index in [0.29, 0.717) is 11.5 Å². The molecule has 0 radical (unpaired) electrons. The van der Waals surface area contributed by atoms with Crippen molar-refractivity contribution in [2.75, 3.05) is 20.5 Å². The first-order valence-corrected chi connectivity index (χ1v) is 12.2. The summed E-state index contributed by atoms with van der Waals surface area (Å²) in [4.78, 5) is 0. The number of rotatable bonds is 6. The largest absolute Gasteiger partial charge is 0.493 e. The van der Waals surface area contributed by atoms with Crippen molar-refractivity contribution in [3.63, 3.8) is 0 Å². The summed E-state index contributed by atoms with van der Waals surface area (Å²) in [5.74, 6) is 2.81. The van der Waals surface area contributed by atoms with Gasteiger partial charge in [-0.1, -0.05) is 17.3 Å². The Morgan fingerprint density at radius 3 is 2.86 bits per heavy atom. The van der Waals surface area contributed by atoms with Crippen molar-refractivity contribution in [2.24, 2.45) is 0 Å². The first-order chi connectivity index (χ1) is 18.2. The Balaban J connectivity index is 1.20. The lowest BCUT2D eigenvalue weighted by atomic mass is 9.95. The quantitative estimate of drug-likeness (QED) is 0.360. The Bertz CT molecular complexity index is 1660. The summed E-state index contributed by atoms with van der Waals surface area (Å²) >= 11 is 0. The molecule has 5 aromatic rings. The highest BCUT2D eigenvalue weighted by Gasteiger charge is 2.29.